The van der Waals surface area contributed by atoms with Crippen LogP contribution in [0.3, 0.4) is 0 Å². The van der Waals surface area contributed by atoms with Crippen LogP contribution in [0.15, 0.2) is 18.2 Å². The number of carboxylic acids is 1. The molecule has 1 fully saturated rings. The number of benzene rings is 1. The van der Waals surface area contributed by atoms with E-state index in [0.717, 1.165) is 0 Å². The van der Waals surface area contributed by atoms with Gasteiger partial charge in [-0.05, 0) is 36.3 Å². The lowest BCUT2D eigenvalue weighted by atomic mass is 9.52. The third-order valence-electron chi connectivity index (χ3n) is 4.27. The van der Waals surface area contributed by atoms with Crippen molar-refractivity contribution in [3.05, 3.63) is 34.6 Å². The highest BCUT2D eigenvalue weighted by molar-refractivity contribution is 6.31. The molecule has 2 nitrogen and oxygen atoms in total. The molecule has 2 rings (SSSR count). The van der Waals surface area contributed by atoms with E-state index in [1.54, 1.807) is 6.07 Å². The first-order valence-electron chi connectivity index (χ1n) is 6.36. The maximum atomic E-state index is 14.0. The Hall–Kier alpha value is -1.09. The summed E-state index contributed by atoms with van der Waals surface area (Å²) in [6.45, 7) is 6.23. The zero-order chi connectivity index (χ0) is 14.4. The number of halogens is 2. The highest BCUT2D eigenvalue weighted by atomic mass is 35.5. The summed E-state index contributed by atoms with van der Waals surface area (Å²) >= 11 is 6.03. The van der Waals surface area contributed by atoms with Gasteiger partial charge in [-0.3, -0.25) is 4.79 Å². The lowest BCUT2D eigenvalue weighted by Crippen LogP contribution is -2.52. The zero-order valence-corrected chi connectivity index (χ0v) is 12.1. The van der Waals surface area contributed by atoms with Crippen LogP contribution in [-0.4, -0.2) is 11.1 Å². The van der Waals surface area contributed by atoms with E-state index in [-0.39, 0.29) is 21.9 Å². The number of rotatable bonds is 2. The molecular formula is C15H18ClFO2. The molecule has 1 aromatic carbocycles. The Morgan fingerprint density at radius 3 is 2.42 bits per heavy atom. The van der Waals surface area contributed by atoms with E-state index >= 15 is 0 Å². The van der Waals surface area contributed by atoms with Gasteiger partial charge in [0.1, 0.15) is 5.82 Å². The van der Waals surface area contributed by atoms with Gasteiger partial charge in [-0.15, -0.1) is 0 Å². The normalized spacial score (nSPS) is 26.9. The molecule has 0 aromatic heterocycles. The van der Waals surface area contributed by atoms with Gasteiger partial charge in [-0.2, -0.15) is 0 Å². The fourth-order valence-electron chi connectivity index (χ4n) is 2.83. The van der Waals surface area contributed by atoms with Gasteiger partial charge in [-0.1, -0.05) is 38.4 Å². The number of aliphatic carboxylic acids is 1. The van der Waals surface area contributed by atoms with Crippen molar-refractivity contribution < 1.29 is 14.3 Å². The van der Waals surface area contributed by atoms with Gasteiger partial charge in [0.25, 0.3) is 0 Å². The van der Waals surface area contributed by atoms with Gasteiger partial charge >= 0.3 is 5.97 Å². The Kier molecular flexibility index (Phi) is 3.38. The minimum absolute atomic E-state index is 0.0245. The predicted octanol–water partition coefficient (Wildman–Crippen LogP) is 4.26. The van der Waals surface area contributed by atoms with Crippen LogP contribution in [0.5, 0.6) is 0 Å². The van der Waals surface area contributed by atoms with Crippen molar-refractivity contribution in [1.29, 1.82) is 0 Å². The summed E-state index contributed by atoms with van der Waals surface area (Å²) in [5, 5.41) is 9.75. The van der Waals surface area contributed by atoms with Crippen LogP contribution in [0.2, 0.25) is 5.02 Å². The fraction of sp³-hybridized carbons (Fsp3) is 0.533. The SMILES string of the molecule is CC(C)(C)C1CC(C(=O)O)(c2c(F)cccc2Cl)C1. The average molecular weight is 285 g/mol. The molecule has 19 heavy (non-hydrogen) atoms. The third-order valence-corrected chi connectivity index (χ3v) is 4.58. The monoisotopic (exact) mass is 284 g/mol. The maximum absolute atomic E-state index is 14.0. The Labute approximate surface area is 117 Å². The zero-order valence-electron chi connectivity index (χ0n) is 11.3. The van der Waals surface area contributed by atoms with Gasteiger partial charge < -0.3 is 5.11 Å². The summed E-state index contributed by atoms with van der Waals surface area (Å²) in [4.78, 5) is 11.7. The first-order valence-corrected chi connectivity index (χ1v) is 6.74. The average Bonchev–Trinajstić information content (AvgIpc) is 2.17. The summed E-state index contributed by atoms with van der Waals surface area (Å²) in [5.41, 5.74) is -0.999. The van der Waals surface area contributed by atoms with Gasteiger partial charge in [0.2, 0.25) is 0 Å². The Morgan fingerprint density at radius 1 is 1.42 bits per heavy atom. The van der Waals surface area contributed by atoms with E-state index in [9.17, 15) is 14.3 Å². The standard InChI is InChI=1S/C15H18ClFO2/c1-14(2,3)9-7-15(8-9,13(18)19)12-10(16)5-4-6-11(12)17/h4-6,9H,7-8H2,1-3H3,(H,18,19). The summed E-state index contributed by atoms with van der Waals surface area (Å²) < 4.78 is 14.0. The van der Waals surface area contributed by atoms with E-state index in [4.69, 9.17) is 11.6 Å². The first kappa shape index (κ1) is 14.3. The highest BCUT2D eigenvalue weighted by Gasteiger charge is 2.56. The molecule has 0 amide bonds. The van der Waals surface area contributed by atoms with Gasteiger partial charge in [-0.25, -0.2) is 4.39 Å². The largest absolute Gasteiger partial charge is 0.481 e. The molecule has 1 aliphatic rings. The lowest BCUT2D eigenvalue weighted by Gasteiger charge is -2.50. The molecule has 0 atom stereocenters. The second-order valence-electron chi connectivity index (χ2n) is 6.46. The molecule has 1 saturated carbocycles. The van der Waals surface area contributed by atoms with Crippen LogP contribution < -0.4 is 0 Å². The smallest absolute Gasteiger partial charge is 0.314 e. The molecule has 1 aliphatic carbocycles. The number of carboxylic acid groups (broad SMARTS) is 1. The van der Waals surface area contributed by atoms with E-state index in [1.165, 1.54) is 12.1 Å². The Bertz CT molecular complexity index is 493. The van der Waals surface area contributed by atoms with Gasteiger partial charge in [0, 0.05) is 10.6 Å². The van der Waals surface area contributed by atoms with Crippen molar-refractivity contribution in [2.75, 3.05) is 0 Å². The fourth-order valence-corrected chi connectivity index (χ4v) is 3.18. The van der Waals surface area contributed by atoms with Crippen molar-refractivity contribution in [1.82, 2.24) is 0 Å². The van der Waals surface area contributed by atoms with Crippen LogP contribution >= 0.6 is 11.6 Å². The minimum atomic E-state index is -1.17. The van der Waals surface area contributed by atoms with Crippen molar-refractivity contribution in [3.8, 4) is 0 Å². The summed E-state index contributed by atoms with van der Waals surface area (Å²) in [6, 6.07) is 4.32. The van der Waals surface area contributed by atoms with E-state index in [2.05, 4.69) is 20.8 Å². The summed E-state index contributed by atoms with van der Waals surface area (Å²) in [5.74, 6) is -1.25. The second-order valence-corrected chi connectivity index (χ2v) is 6.86. The van der Waals surface area contributed by atoms with E-state index in [1.807, 2.05) is 0 Å². The van der Waals surface area contributed by atoms with E-state index in [0.29, 0.717) is 12.8 Å². The first-order chi connectivity index (χ1) is 8.68. The summed E-state index contributed by atoms with van der Waals surface area (Å²) in [7, 11) is 0. The van der Waals surface area contributed by atoms with Crippen LogP contribution in [0, 0.1) is 17.2 Å². The Morgan fingerprint density at radius 2 is 2.00 bits per heavy atom. The van der Waals surface area contributed by atoms with Crippen molar-refractivity contribution >= 4 is 17.6 Å². The predicted molar refractivity (Wildman–Crippen MR) is 72.9 cm³/mol. The number of carbonyl (C=O) groups is 1. The molecule has 1 N–H and O–H groups in total. The molecule has 1 aromatic rings. The number of hydrogen-bond acceptors (Lipinski definition) is 1. The molecule has 0 aliphatic heterocycles. The summed E-state index contributed by atoms with van der Waals surface area (Å²) in [6.07, 6.45) is 0.874. The van der Waals surface area contributed by atoms with Crippen LogP contribution in [0.1, 0.15) is 39.2 Å². The van der Waals surface area contributed by atoms with Crippen LogP contribution in [0.25, 0.3) is 0 Å². The molecule has 0 bridgehead atoms. The molecule has 104 valence electrons. The second kappa shape index (κ2) is 4.48. The Balaban J connectivity index is 2.43. The van der Waals surface area contributed by atoms with E-state index < -0.39 is 17.2 Å². The van der Waals surface area contributed by atoms with Gasteiger partial charge in [0.05, 0.1) is 5.41 Å². The lowest BCUT2D eigenvalue weighted by molar-refractivity contribution is -0.152. The molecule has 0 unspecified atom stereocenters. The molecule has 0 heterocycles. The molecule has 0 spiro atoms. The maximum Gasteiger partial charge on any atom is 0.314 e. The van der Waals surface area contributed by atoms with Crippen molar-refractivity contribution in [2.45, 2.75) is 39.0 Å². The van der Waals surface area contributed by atoms with Crippen molar-refractivity contribution in [2.24, 2.45) is 11.3 Å². The molecular weight excluding hydrogens is 267 g/mol. The molecule has 0 saturated heterocycles. The highest BCUT2D eigenvalue weighted by Crippen LogP contribution is 2.56. The van der Waals surface area contributed by atoms with Crippen molar-refractivity contribution in [3.63, 3.8) is 0 Å². The topological polar surface area (TPSA) is 37.3 Å². The molecule has 4 heteroatoms. The van der Waals surface area contributed by atoms with Crippen LogP contribution in [0.4, 0.5) is 4.39 Å². The van der Waals surface area contributed by atoms with Crippen LogP contribution in [-0.2, 0) is 10.2 Å². The molecule has 0 radical (unpaired) electrons. The minimum Gasteiger partial charge on any atom is -0.481 e. The third kappa shape index (κ3) is 2.25. The van der Waals surface area contributed by atoms with Gasteiger partial charge in [0.15, 0.2) is 0 Å². The quantitative estimate of drug-likeness (QED) is 0.881. The number of hydrogen-bond donors (Lipinski definition) is 1.